The number of carbonyl (C=O) groups excluding carboxylic acids is 1. The van der Waals surface area contributed by atoms with Crippen LogP contribution in [0.3, 0.4) is 0 Å². The topological polar surface area (TPSA) is 52.3 Å². The van der Waals surface area contributed by atoms with Gasteiger partial charge in [-0.2, -0.15) is 0 Å². The maximum atomic E-state index is 11.5. The number of hydrogen-bond acceptors (Lipinski definition) is 4. The molecule has 0 spiro atoms. The molecule has 112 valence electrons. The molecule has 1 unspecified atom stereocenters. The molecule has 0 saturated carbocycles. The van der Waals surface area contributed by atoms with Crippen molar-refractivity contribution in [3.8, 4) is 0 Å². The Balaban J connectivity index is 2.78. The molecule has 0 heterocycles. The predicted molar refractivity (Wildman–Crippen MR) is 86.1 cm³/mol. The molecule has 1 rings (SSSR count). The van der Waals surface area contributed by atoms with Crippen LogP contribution in [-0.2, 0) is 9.53 Å². The number of hydrogen-bond donors (Lipinski definition) is 1. The Kier molecular flexibility index (Phi) is 5.93. The first kappa shape index (κ1) is 16.9. The third-order valence-corrected chi connectivity index (χ3v) is 4.00. The van der Waals surface area contributed by atoms with Gasteiger partial charge in [-0.15, -0.1) is 11.8 Å². The fourth-order valence-corrected chi connectivity index (χ4v) is 2.86. The Morgan fingerprint density at radius 2 is 2.05 bits per heavy atom. The lowest BCUT2D eigenvalue weighted by molar-refractivity contribution is -0.143. The van der Waals surface area contributed by atoms with Crippen molar-refractivity contribution in [2.24, 2.45) is 0 Å². The van der Waals surface area contributed by atoms with E-state index in [-0.39, 0.29) is 16.6 Å². The molecule has 0 aliphatic carbocycles. The molecule has 1 atom stereocenters. The van der Waals surface area contributed by atoms with Gasteiger partial charge in [0.15, 0.2) is 0 Å². The van der Waals surface area contributed by atoms with Crippen LogP contribution in [0.2, 0.25) is 0 Å². The van der Waals surface area contributed by atoms with Gasteiger partial charge in [0.25, 0.3) is 0 Å². The normalized spacial score (nSPS) is 13.1. The van der Waals surface area contributed by atoms with Gasteiger partial charge in [0, 0.05) is 15.3 Å². The maximum Gasteiger partial charge on any atom is 0.306 e. The second-order valence-electron chi connectivity index (χ2n) is 5.92. The Labute approximate surface area is 126 Å². The maximum absolute atomic E-state index is 11.5. The number of nitrogen functional groups attached to an aromatic ring is 1. The van der Waals surface area contributed by atoms with Gasteiger partial charge in [0.1, 0.15) is 0 Å². The van der Waals surface area contributed by atoms with Gasteiger partial charge in [-0.1, -0.05) is 33.8 Å². The van der Waals surface area contributed by atoms with E-state index in [9.17, 15) is 4.79 Å². The van der Waals surface area contributed by atoms with Crippen molar-refractivity contribution in [2.45, 2.75) is 56.6 Å². The van der Waals surface area contributed by atoms with Crippen LogP contribution < -0.4 is 5.73 Å². The molecule has 0 aromatic heterocycles. The van der Waals surface area contributed by atoms with E-state index in [1.54, 1.807) is 11.8 Å². The second-order valence-corrected chi connectivity index (χ2v) is 7.79. The summed E-state index contributed by atoms with van der Waals surface area (Å²) in [7, 11) is 0. The largest absolute Gasteiger partial charge is 0.466 e. The van der Waals surface area contributed by atoms with Gasteiger partial charge in [-0.05, 0) is 30.5 Å². The number of anilines is 1. The van der Waals surface area contributed by atoms with E-state index in [1.165, 1.54) is 0 Å². The fraction of sp³-hybridized carbons (Fsp3) is 0.562. The van der Waals surface area contributed by atoms with E-state index in [2.05, 4.69) is 20.8 Å². The van der Waals surface area contributed by atoms with E-state index < -0.39 is 0 Å². The van der Waals surface area contributed by atoms with Crippen LogP contribution in [0.15, 0.2) is 23.1 Å². The second kappa shape index (κ2) is 7.02. The summed E-state index contributed by atoms with van der Waals surface area (Å²) >= 11 is 1.75. The van der Waals surface area contributed by atoms with E-state index in [0.717, 1.165) is 16.1 Å². The van der Waals surface area contributed by atoms with Gasteiger partial charge >= 0.3 is 5.97 Å². The number of benzene rings is 1. The molecule has 1 aromatic rings. The minimum atomic E-state index is -0.160. The third-order valence-electron chi connectivity index (χ3n) is 2.80. The van der Waals surface area contributed by atoms with E-state index >= 15 is 0 Å². The van der Waals surface area contributed by atoms with Gasteiger partial charge < -0.3 is 10.5 Å². The average molecular weight is 295 g/mol. The molecule has 0 fully saturated rings. The van der Waals surface area contributed by atoms with Crippen molar-refractivity contribution >= 4 is 23.4 Å². The Morgan fingerprint density at radius 1 is 1.40 bits per heavy atom. The monoisotopic (exact) mass is 295 g/mol. The van der Waals surface area contributed by atoms with Gasteiger partial charge in [0.2, 0.25) is 0 Å². The van der Waals surface area contributed by atoms with Gasteiger partial charge in [-0.3, -0.25) is 4.79 Å². The first-order valence-corrected chi connectivity index (χ1v) is 7.78. The van der Waals surface area contributed by atoms with E-state index in [1.807, 2.05) is 32.0 Å². The van der Waals surface area contributed by atoms with Crippen molar-refractivity contribution in [1.82, 2.24) is 0 Å². The first-order chi connectivity index (χ1) is 9.23. The van der Waals surface area contributed by atoms with Crippen LogP contribution in [-0.4, -0.2) is 17.3 Å². The van der Waals surface area contributed by atoms with Crippen LogP contribution in [0.4, 0.5) is 5.69 Å². The summed E-state index contributed by atoms with van der Waals surface area (Å²) in [6.45, 7) is 10.7. The summed E-state index contributed by atoms with van der Waals surface area (Å²) in [6, 6.07) is 6.06. The SMILES string of the molecule is CCOC(=O)CC(C)c1ccc(SC(C)(C)C)c(N)c1. The summed E-state index contributed by atoms with van der Waals surface area (Å²) in [4.78, 5) is 12.6. The van der Waals surface area contributed by atoms with E-state index in [0.29, 0.717) is 13.0 Å². The van der Waals surface area contributed by atoms with Crippen molar-refractivity contribution in [2.75, 3.05) is 12.3 Å². The van der Waals surface area contributed by atoms with Gasteiger partial charge in [-0.25, -0.2) is 0 Å². The molecule has 0 bridgehead atoms. The molecule has 0 saturated heterocycles. The highest BCUT2D eigenvalue weighted by Gasteiger charge is 2.16. The Bertz CT molecular complexity index is 466. The van der Waals surface area contributed by atoms with Crippen molar-refractivity contribution in [3.05, 3.63) is 23.8 Å². The quantitative estimate of drug-likeness (QED) is 0.502. The smallest absolute Gasteiger partial charge is 0.306 e. The standard InChI is InChI=1S/C16H25NO2S/c1-6-19-15(18)9-11(2)12-7-8-14(13(17)10-12)20-16(3,4)5/h7-8,10-11H,6,9,17H2,1-5H3. The van der Waals surface area contributed by atoms with Crippen molar-refractivity contribution in [1.29, 1.82) is 0 Å². The lowest BCUT2D eigenvalue weighted by atomic mass is 9.97. The fourth-order valence-electron chi connectivity index (χ4n) is 1.88. The molecular formula is C16H25NO2S. The van der Waals surface area contributed by atoms with Gasteiger partial charge in [0.05, 0.1) is 13.0 Å². The number of esters is 1. The number of rotatable bonds is 5. The molecule has 4 heteroatoms. The molecule has 0 amide bonds. The number of carbonyl (C=O) groups is 1. The molecule has 20 heavy (non-hydrogen) atoms. The highest BCUT2D eigenvalue weighted by Crippen LogP contribution is 2.36. The molecule has 2 N–H and O–H groups in total. The van der Waals surface area contributed by atoms with Crippen LogP contribution in [0.25, 0.3) is 0 Å². The first-order valence-electron chi connectivity index (χ1n) is 6.97. The summed E-state index contributed by atoms with van der Waals surface area (Å²) in [6.07, 6.45) is 0.388. The Hall–Kier alpha value is -1.16. The zero-order valence-electron chi connectivity index (χ0n) is 13.0. The van der Waals surface area contributed by atoms with E-state index in [4.69, 9.17) is 10.5 Å². The third kappa shape index (κ3) is 5.45. The molecule has 0 radical (unpaired) electrons. The zero-order valence-corrected chi connectivity index (χ0v) is 13.8. The zero-order chi connectivity index (χ0) is 15.3. The van der Waals surface area contributed by atoms with Crippen LogP contribution in [0.1, 0.15) is 52.5 Å². The van der Waals surface area contributed by atoms with Crippen LogP contribution in [0.5, 0.6) is 0 Å². The summed E-state index contributed by atoms with van der Waals surface area (Å²) < 4.78 is 5.11. The van der Waals surface area contributed by atoms with Crippen molar-refractivity contribution < 1.29 is 9.53 Å². The summed E-state index contributed by atoms with van der Waals surface area (Å²) in [5.41, 5.74) is 7.97. The molecule has 3 nitrogen and oxygen atoms in total. The van der Waals surface area contributed by atoms with Crippen molar-refractivity contribution in [3.63, 3.8) is 0 Å². The number of nitrogens with two attached hydrogens (primary N) is 1. The lowest BCUT2D eigenvalue weighted by Crippen LogP contribution is -2.10. The average Bonchev–Trinajstić information content (AvgIpc) is 2.30. The molecule has 0 aliphatic rings. The predicted octanol–water partition coefficient (Wildman–Crippen LogP) is 4.22. The summed E-state index contributed by atoms with van der Waals surface area (Å²) in [5.74, 6) is -0.0447. The summed E-state index contributed by atoms with van der Waals surface area (Å²) in [5, 5.41) is 0. The molecule has 0 aliphatic heterocycles. The highest BCUT2D eigenvalue weighted by atomic mass is 32.2. The highest BCUT2D eigenvalue weighted by molar-refractivity contribution is 8.00. The van der Waals surface area contributed by atoms with Crippen LogP contribution in [0, 0.1) is 0 Å². The minimum Gasteiger partial charge on any atom is -0.466 e. The Morgan fingerprint density at radius 3 is 2.55 bits per heavy atom. The minimum absolute atomic E-state index is 0.116. The molecule has 1 aromatic carbocycles. The number of ether oxygens (including phenoxy) is 1. The molecular weight excluding hydrogens is 270 g/mol. The number of thioether (sulfide) groups is 1. The lowest BCUT2D eigenvalue weighted by Gasteiger charge is -2.20. The van der Waals surface area contributed by atoms with Crippen LogP contribution >= 0.6 is 11.8 Å².